The SMILES string of the molecule is Cl.Cl.NCc1ccc(N2CCC(C(=O)NCCCC(=O)O)CC2)cc1. The van der Waals surface area contributed by atoms with E-state index in [4.69, 9.17) is 10.8 Å². The molecule has 142 valence electrons. The summed E-state index contributed by atoms with van der Waals surface area (Å²) in [5, 5.41) is 11.4. The van der Waals surface area contributed by atoms with Crippen LogP contribution in [0.5, 0.6) is 0 Å². The van der Waals surface area contributed by atoms with Gasteiger partial charge in [0, 0.05) is 44.2 Å². The molecule has 0 aliphatic carbocycles. The molecule has 8 heteroatoms. The van der Waals surface area contributed by atoms with Gasteiger partial charge in [-0.15, -0.1) is 24.8 Å². The number of carboxylic acids is 1. The molecule has 1 fully saturated rings. The molecule has 1 heterocycles. The summed E-state index contributed by atoms with van der Waals surface area (Å²) in [5.74, 6) is -0.749. The number of nitrogens with two attached hydrogens (primary N) is 1. The molecule has 2 rings (SSSR count). The summed E-state index contributed by atoms with van der Waals surface area (Å²) in [6.07, 6.45) is 2.22. The lowest BCUT2D eigenvalue weighted by molar-refractivity contribution is -0.137. The standard InChI is InChI=1S/C17H25N3O3.2ClH/c18-12-13-3-5-15(6-4-13)20-10-7-14(8-11-20)17(23)19-9-1-2-16(21)22;;/h3-6,14H,1-2,7-12,18H2,(H,19,23)(H,21,22);2*1H. The van der Waals surface area contributed by atoms with Gasteiger partial charge in [0.1, 0.15) is 0 Å². The van der Waals surface area contributed by atoms with E-state index < -0.39 is 5.97 Å². The number of hydrogen-bond donors (Lipinski definition) is 3. The molecule has 1 aromatic carbocycles. The molecule has 0 unspecified atom stereocenters. The van der Waals surface area contributed by atoms with Gasteiger partial charge in [-0.1, -0.05) is 12.1 Å². The second-order valence-corrected chi connectivity index (χ2v) is 5.92. The second kappa shape index (κ2) is 12.0. The number of halogens is 2. The van der Waals surface area contributed by atoms with Gasteiger partial charge in [0.25, 0.3) is 0 Å². The smallest absolute Gasteiger partial charge is 0.303 e. The summed E-state index contributed by atoms with van der Waals surface area (Å²) in [6.45, 7) is 2.70. The number of piperidine rings is 1. The summed E-state index contributed by atoms with van der Waals surface area (Å²) in [4.78, 5) is 24.8. The Morgan fingerprint density at radius 1 is 1.16 bits per heavy atom. The highest BCUT2D eigenvalue weighted by Crippen LogP contribution is 2.23. The Labute approximate surface area is 161 Å². The number of amides is 1. The van der Waals surface area contributed by atoms with Crippen molar-refractivity contribution >= 4 is 42.4 Å². The van der Waals surface area contributed by atoms with Crippen LogP contribution >= 0.6 is 24.8 Å². The van der Waals surface area contributed by atoms with Crippen molar-refractivity contribution in [3.8, 4) is 0 Å². The van der Waals surface area contributed by atoms with E-state index in [1.807, 2.05) is 12.1 Å². The van der Waals surface area contributed by atoms with Crippen LogP contribution in [0.4, 0.5) is 5.69 Å². The molecular formula is C17H27Cl2N3O3. The minimum atomic E-state index is -0.826. The van der Waals surface area contributed by atoms with Crippen LogP contribution in [0.2, 0.25) is 0 Å². The summed E-state index contributed by atoms with van der Waals surface area (Å²) >= 11 is 0. The maximum atomic E-state index is 12.1. The number of hydrogen-bond acceptors (Lipinski definition) is 4. The molecular weight excluding hydrogens is 365 g/mol. The van der Waals surface area contributed by atoms with E-state index in [1.165, 1.54) is 5.69 Å². The first-order valence-corrected chi connectivity index (χ1v) is 8.13. The Morgan fingerprint density at radius 3 is 2.28 bits per heavy atom. The molecule has 0 saturated carbocycles. The molecule has 1 amide bonds. The van der Waals surface area contributed by atoms with Crippen LogP contribution in [0.15, 0.2) is 24.3 Å². The van der Waals surface area contributed by atoms with Crippen molar-refractivity contribution in [1.82, 2.24) is 5.32 Å². The third-order valence-corrected chi connectivity index (χ3v) is 4.27. The Kier molecular flexibility index (Phi) is 11.2. The van der Waals surface area contributed by atoms with Crippen molar-refractivity contribution in [3.05, 3.63) is 29.8 Å². The highest BCUT2D eigenvalue weighted by Gasteiger charge is 2.24. The summed E-state index contributed by atoms with van der Waals surface area (Å²) in [5.41, 5.74) is 7.89. The number of nitrogens with one attached hydrogen (secondary N) is 1. The number of anilines is 1. The molecule has 0 bridgehead atoms. The fraction of sp³-hybridized carbons (Fsp3) is 0.529. The zero-order valence-electron chi connectivity index (χ0n) is 14.1. The first-order valence-electron chi connectivity index (χ1n) is 8.13. The predicted octanol–water partition coefficient (Wildman–Crippen LogP) is 2.19. The van der Waals surface area contributed by atoms with Crippen LogP contribution < -0.4 is 16.0 Å². The minimum Gasteiger partial charge on any atom is -0.481 e. The fourth-order valence-corrected chi connectivity index (χ4v) is 2.84. The van der Waals surface area contributed by atoms with E-state index in [2.05, 4.69) is 22.3 Å². The van der Waals surface area contributed by atoms with Gasteiger partial charge in [0.05, 0.1) is 0 Å². The van der Waals surface area contributed by atoms with E-state index in [-0.39, 0.29) is 43.1 Å². The van der Waals surface area contributed by atoms with Crippen LogP contribution in [-0.2, 0) is 16.1 Å². The number of aliphatic carboxylic acids is 1. The number of carbonyl (C=O) groups is 2. The Hall–Kier alpha value is -1.50. The topological polar surface area (TPSA) is 95.7 Å². The number of carboxylic acid groups (broad SMARTS) is 1. The van der Waals surface area contributed by atoms with Crippen LogP contribution in [0.25, 0.3) is 0 Å². The van der Waals surface area contributed by atoms with Gasteiger partial charge in [0.15, 0.2) is 0 Å². The quantitative estimate of drug-likeness (QED) is 0.619. The van der Waals surface area contributed by atoms with Crippen LogP contribution in [0.3, 0.4) is 0 Å². The second-order valence-electron chi connectivity index (χ2n) is 5.92. The van der Waals surface area contributed by atoms with Gasteiger partial charge in [-0.3, -0.25) is 9.59 Å². The van der Waals surface area contributed by atoms with Crippen LogP contribution in [0.1, 0.15) is 31.2 Å². The number of nitrogens with zero attached hydrogens (tertiary/aromatic N) is 1. The molecule has 1 aliphatic rings. The van der Waals surface area contributed by atoms with Gasteiger partial charge >= 0.3 is 5.97 Å². The Balaban J connectivity index is 0.00000288. The molecule has 1 aliphatic heterocycles. The number of carbonyl (C=O) groups excluding carboxylic acids is 1. The first kappa shape index (κ1) is 23.5. The van der Waals surface area contributed by atoms with Crippen molar-refractivity contribution in [2.24, 2.45) is 11.7 Å². The molecule has 0 atom stereocenters. The third kappa shape index (κ3) is 7.50. The number of benzene rings is 1. The van der Waals surface area contributed by atoms with E-state index in [1.54, 1.807) is 0 Å². The lowest BCUT2D eigenvalue weighted by Gasteiger charge is -2.33. The molecule has 0 spiro atoms. The molecule has 1 saturated heterocycles. The normalized spacial score (nSPS) is 14.2. The zero-order valence-corrected chi connectivity index (χ0v) is 15.8. The number of rotatable bonds is 7. The molecule has 6 nitrogen and oxygen atoms in total. The van der Waals surface area contributed by atoms with Gasteiger partial charge in [-0.2, -0.15) is 0 Å². The molecule has 0 radical (unpaired) electrons. The van der Waals surface area contributed by atoms with Crippen molar-refractivity contribution < 1.29 is 14.7 Å². The summed E-state index contributed by atoms with van der Waals surface area (Å²) in [7, 11) is 0. The van der Waals surface area contributed by atoms with Gasteiger partial charge in [0.2, 0.25) is 5.91 Å². The van der Waals surface area contributed by atoms with E-state index >= 15 is 0 Å². The van der Waals surface area contributed by atoms with E-state index in [0.29, 0.717) is 19.5 Å². The fourth-order valence-electron chi connectivity index (χ4n) is 2.84. The maximum Gasteiger partial charge on any atom is 0.303 e. The Bertz CT molecular complexity index is 532. The minimum absolute atomic E-state index is 0. The summed E-state index contributed by atoms with van der Waals surface area (Å²) in [6, 6.07) is 8.23. The van der Waals surface area contributed by atoms with Gasteiger partial charge in [-0.25, -0.2) is 0 Å². The lowest BCUT2D eigenvalue weighted by atomic mass is 9.95. The molecule has 1 aromatic rings. The average molecular weight is 392 g/mol. The molecule has 25 heavy (non-hydrogen) atoms. The largest absolute Gasteiger partial charge is 0.481 e. The van der Waals surface area contributed by atoms with Crippen LogP contribution in [-0.4, -0.2) is 36.6 Å². The highest BCUT2D eigenvalue weighted by molar-refractivity contribution is 5.85. The average Bonchev–Trinajstić information content (AvgIpc) is 2.58. The monoisotopic (exact) mass is 391 g/mol. The van der Waals surface area contributed by atoms with Gasteiger partial charge < -0.3 is 21.1 Å². The van der Waals surface area contributed by atoms with Crippen molar-refractivity contribution in [2.45, 2.75) is 32.2 Å². The third-order valence-electron chi connectivity index (χ3n) is 4.27. The lowest BCUT2D eigenvalue weighted by Crippen LogP contribution is -2.40. The van der Waals surface area contributed by atoms with Gasteiger partial charge in [-0.05, 0) is 37.0 Å². The highest BCUT2D eigenvalue weighted by atomic mass is 35.5. The van der Waals surface area contributed by atoms with E-state index in [9.17, 15) is 9.59 Å². The maximum absolute atomic E-state index is 12.1. The molecule has 0 aromatic heterocycles. The first-order chi connectivity index (χ1) is 11.1. The summed E-state index contributed by atoms with van der Waals surface area (Å²) < 4.78 is 0. The predicted molar refractivity (Wildman–Crippen MR) is 104 cm³/mol. The van der Waals surface area contributed by atoms with Crippen LogP contribution in [0, 0.1) is 5.92 Å². The Morgan fingerprint density at radius 2 is 1.76 bits per heavy atom. The zero-order chi connectivity index (χ0) is 16.7. The van der Waals surface area contributed by atoms with Crippen molar-refractivity contribution in [2.75, 3.05) is 24.5 Å². The van der Waals surface area contributed by atoms with E-state index in [0.717, 1.165) is 31.5 Å². The van der Waals surface area contributed by atoms with Crippen molar-refractivity contribution in [1.29, 1.82) is 0 Å². The van der Waals surface area contributed by atoms with Crippen molar-refractivity contribution in [3.63, 3.8) is 0 Å². The molecule has 4 N–H and O–H groups in total.